The van der Waals surface area contributed by atoms with Crippen molar-refractivity contribution in [3.05, 3.63) is 101 Å². The number of benzene rings is 3. The van der Waals surface area contributed by atoms with Gasteiger partial charge >= 0.3 is 0 Å². The van der Waals surface area contributed by atoms with E-state index in [0.29, 0.717) is 16.7 Å². The van der Waals surface area contributed by atoms with Gasteiger partial charge in [0.2, 0.25) is 0 Å². The van der Waals surface area contributed by atoms with Crippen molar-refractivity contribution in [2.45, 2.75) is 0 Å². The van der Waals surface area contributed by atoms with Gasteiger partial charge in [0.05, 0.1) is 29.7 Å². The molecule has 2 heterocycles. The molecule has 0 aliphatic heterocycles. The summed E-state index contributed by atoms with van der Waals surface area (Å²) in [6.07, 6.45) is 3.38. The molecule has 2 aromatic heterocycles. The molecule has 0 radical (unpaired) electrons. The lowest BCUT2D eigenvalue weighted by atomic mass is 10.1. The molecule has 0 saturated carbocycles. The van der Waals surface area contributed by atoms with Crippen LogP contribution in [0, 0.1) is 0 Å². The lowest BCUT2D eigenvalue weighted by molar-refractivity contribution is 0.415. The Bertz CT molecular complexity index is 1470. The maximum Gasteiger partial charge on any atom is 0.282 e. The number of methoxy groups -OCH3 is 1. The number of aromatic nitrogens is 3. The van der Waals surface area contributed by atoms with Gasteiger partial charge in [0.15, 0.2) is 5.82 Å². The van der Waals surface area contributed by atoms with Crippen LogP contribution in [0.2, 0.25) is 0 Å². The van der Waals surface area contributed by atoms with Crippen LogP contribution in [0.3, 0.4) is 0 Å². The predicted octanol–water partition coefficient (Wildman–Crippen LogP) is 4.50. The Morgan fingerprint density at radius 1 is 0.903 bits per heavy atom. The van der Waals surface area contributed by atoms with E-state index < -0.39 is 0 Å². The second-order valence-electron chi connectivity index (χ2n) is 6.97. The predicted molar refractivity (Wildman–Crippen MR) is 123 cm³/mol. The SMILES string of the molecule is COc1ccc(-c2nc3c(ccc4ncccc43)c(=O)n2/N=C/c2ccccc2)cc1. The summed E-state index contributed by atoms with van der Waals surface area (Å²) in [5.41, 5.74) is 2.79. The van der Waals surface area contributed by atoms with Gasteiger partial charge in [-0.1, -0.05) is 30.3 Å². The van der Waals surface area contributed by atoms with Crippen LogP contribution in [0.1, 0.15) is 5.56 Å². The first kappa shape index (κ1) is 18.7. The van der Waals surface area contributed by atoms with E-state index in [9.17, 15) is 4.79 Å². The Labute approximate surface area is 178 Å². The monoisotopic (exact) mass is 406 g/mol. The van der Waals surface area contributed by atoms with Crippen LogP contribution in [0.5, 0.6) is 5.75 Å². The average Bonchev–Trinajstić information content (AvgIpc) is 2.84. The van der Waals surface area contributed by atoms with Gasteiger partial charge in [0.1, 0.15) is 5.75 Å². The summed E-state index contributed by atoms with van der Waals surface area (Å²) in [5.74, 6) is 1.17. The lowest BCUT2D eigenvalue weighted by Gasteiger charge is -2.11. The zero-order chi connectivity index (χ0) is 21.2. The average molecular weight is 406 g/mol. The molecule has 0 spiro atoms. The summed E-state index contributed by atoms with van der Waals surface area (Å²) in [6.45, 7) is 0. The van der Waals surface area contributed by atoms with Crippen molar-refractivity contribution in [3.63, 3.8) is 0 Å². The Morgan fingerprint density at radius 2 is 1.71 bits per heavy atom. The van der Waals surface area contributed by atoms with Crippen molar-refractivity contribution < 1.29 is 4.74 Å². The third-order valence-corrected chi connectivity index (χ3v) is 5.07. The number of hydrogen-bond acceptors (Lipinski definition) is 5. The fourth-order valence-electron chi connectivity index (χ4n) is 3.49. The molecule has 31 heavy (non-hydrogen) atoms. The number of ether oxygens (including phenoxy) is 1. The highest BCUT2D eigenvalue weighted by atomic mass is 16.5. The molecular formula is C25H18N4O2. The van der Waals surface area contributed by atoms with Crippen LogP contribution >= 0.6 is 0 Å². The van der Waals surface area contributed by atoms with Crippen molar-refractivity contribution >= 4 is 28.0 Å². The summed E-state index contributed by atoms with van der Waals surface area (Å²) in [5, 5.41) is 5.81. The van der Waals surface area contributed by atoms with Gasteiger partial charge in [0, 0.05) is 17.1 Å². The van der Waals surface area contributed by atoms with Crippen LogP contribution in [0.4, 0.5) is 0 Å². The van der Waals surface area contributed by atoms with Gasteiger partial charge in [-0.05, 0) is 54.1 Å². The molecule has 0 aliphatic carbocycles. The van der Waals surface area contributed by atoms with Gasteiger partial charge in [-0.25, -0.2) is 4.98 Å². The van der Waals surface area contributed by atoms with E-state index >= 15 is 0 Å². The first-order valence-electron chi connectivity index (χ1n) is 9.79. The summed E-state index contributed by atoms with van der Waals surface area (Å²) < 4.78 is 6.61. The summed E-state index contributed by atoms with van der Waals surface area (Å²) in [4.78, 5) is 22.7. The van der Waals surface area contributed by atoms with Crippen LogP contribution in [-0.4, -0.2) is 28.0 Å². The van der Waals surface area contributed by atoms with Crippen molar-refractivity contribution in [2.24, 2.45) is 5.10 Å². The Hall–Kier alpha value is -4.32. The zero-order valence-corrected chi connectivity index (χ0v) is 16.8. The molecular weight excluding hydrogens is 388 g/mol. The zero-order valence-electron chi connectivity index (χ0n) is 16.8. The molecule has 0 bridgehead atoms. The van der Waals surface area contributed by atoms with Crippen LogP contribution < -0.4 is 10.3 Å². The third kappa shape index (κ3) is 3.44. The number of hydrogen-bond donors (Lipinski definition) is 0. The number of nitrogens with zero attached hydrogens (tertiary/aromatic N) is 4. The van der Waals surface area contributed by atoms with Gasteiger partial charge < -0.3 is 4.74 Å². The molecule has 6 heteroatoms. The fourth-order valence-corrected chi connectivity index (χ4v) is 3.49. The minimum absolute atomic E-state index is 0.242. The third-order valence-electron chi connectivity index (χ3n) is 5.07. The topological polar surface area (TPSA) is 69.4 Å². The summed E-state index contributed by atoms with van der Waals surface area (Å²) in [6, 6.07) is 24.4. The minimum Gasteiger partial charge on any atom is -0.497 e. The molecule has 150 valence electrons. The van der Waals surface area contributed by atoms with E-state index in [0.717, 1.165) is 27.8 Å². The van der Waals surface area contributed by atoms with Gasteiger partial charge in [-0.2, -0.15) is 9.78 Å². The summed E-state index contributed by atoms with van der Waals surface area (Å²) >= 11 is 0. The highest BCUT2D eigenvalue weighted by Crippen LogP contribution is 2.25. The maximum absolute atomic E-state index is 13.5. The van der Waals surface area contributed by atoms with Crippen LogP contribution in [0.25, 0.3) is 33.2 Å². The largest absolute Gasteiger partial charge is 0.497 e. The molecule has 5 rings (SSSR count). The van der Waals surface area contributed by atoms with E-state index in [2.05, 4.69) is 10.1 Å². The standard InChI is InChI=1S/C25H18N4O2/c1-31-19-11-9-18(10-12-19)24-28-23-20-8-5-15-26-22(20)14-13-21(23)25(30)29(24)27-16-17-6-3-2-4-7-17/h2-16H,1H3/b27-16+. The quantitative estimate of drug-likeness (QED) is 0.325. The van der Waals surface area contributed by atoms with E-state index in [1.165, 1.54) is 4.68 Å². The normalized spacial score (nSPS) is 11.4. The second kappa shape index (κ2) is 7.84. The molecule has 3 aromatic carbocycles. The second-order valence-corrected chi connectivity index (χ2v) is 6.97. The van der Waals surface area contributed by atoms with Crippen molar-refractivity contribution in [1.29, 1.82) is 0 Å². The van der Waals surface area contributed by atoms with E-state index in [4.69, 9.17) is 9.72 Å². The van der Waals surface area contributed by atoms with Crippen molar-refractivity contribution in [3.8, 4) is 17.1 Å². The molecule has 0 atom stereocenters. The number of rotatable bonds is 4. The number of fused-ring (bicyclic) bond motifs is 3. The maximum atomic E-state index is 13.5. The van der Waals surface area contributed by atoms with E-state index in [-0.39, 0.29) is 5.56 Å². The Balaban J connectivity index is 1.80. The summed E-state index contributed by atoms with van der Waals surface area (Å²) in [7, 11) is 1.61. The first-order valence-corrected chi connectivity index (χ1v) is 9.79. The molecule has 5 aromatic rings. The molecule has 0 aliphatic rings. The number of pyridine rings is 1. The highest BCUT2D eigenvalue weighted by Gasteiger charge is 2.15. The van der Waals surface area contributed by atoms with Crippen molar-refractivity contribution in [1.82, 2.24) is 14.6 Å². The molecule has 6 nitrogen and oxygen atoms in total. The Morgan fingerprint density at radius 3 is 2.48 bits per heavy atom. The smallest absolute Gasteiger partial charge is 0.282 e. The fraction of sp³-hybridized carbons (Fsp3) is 0.0400. The van der Waals surface area contributed by atoms with Crippen LogP contribution in [-0.2, 0) is 0 Å². The lowest BCUT2D eigenvalue weighted by Crippen LogP contribution is -2.20. The highest BCUT2D eigenvalue weighted by molar-refractivity contribution is 6.03. The minimum atomic E-state index is -0.242. The van der Waals surface area contributed by atoms with Crippen molar-refractivity contribution in [2.75, 3.05) is 7.11 Å². The molecule has 0 saturated heterocycles. The molecule has 0 amide bonds. The Kier molecular flexibility index (Phi) is 4.72. The van der Waals surface area contributed by atoms with Gasteiger partial charge in [0.25, 0.3) is 5.56 Å². The molecule has 0 unspecified atom stereocenters. The van der Waals surface area contributed by atoms with Gasteiger partial charge in [-0.15, -0.1) is 0 Å². The van der Waals surface area contributed by atoms with E-state index in [1.54, 1.807) is 25.6 Å². The molecule has 0 fully saturated rings. The van der Waals surface area contributed by atoms with E-state index in [1.807, 2.05) is 72.8 Å². The van der Waals surface area contributed by atoms with Crippen LogP contribution in [0.15, 0.2) is 95.0 Å². The first-order chi connectivity index (χ1) is 15.2. The molecule has 0 N–H and O–H groups in total. The van der Waals surface area contributed by atoms with Gasteiger partial charge in [-0.3, -0.25) is 9.78 Å².